The molecule has 0 bridgehead atoms. The van der Waals surface area contributed by atoms with Crippen molar-refractivity contribution in [1.29, 1.82) is 0 Å². The van der Waals surface area contributed by atoms with E-state index in [0.29, 0.717) is 0 Å². The maximum Gasteiger partial charge on any atom is 0.415 e. The summed E-state index contributed by atoms with van der Waals surface area (Å²) in [6, 6.07) is 0. The van der Waals surface area contributed by atoms with Gasteiger partial charge in [-0.15, -0.1) is 0 Å². The molecule has 1 aliphatic rings. The molecule has 1 aliphatic carbocycles. The van der Waals surface area contributed by atoms with Gasteiger partial charge in [-0.25, -0.2) is 4.39 Å². The van der Waals surface area contributed by atoms with Gasteiger partial charge in [-0.3, -0.25) is 0 Å². The molecule has 0 N–H and O–H groups in total. The first-order valence-corrected chi connectivity index (χ1v) is 6.28. The molecule has 0 aliphatic heterocycles. The first-order valence-electron chi connectivity index (χ1n) is 6.28. The van der Waals surface area contributed by atoms with Crippen molar-refractivity contribution in [1.82, 2.24) is 0 Å². The molecule has 0 nitrogen and oxygen atoms in total. The van der Waals surface area contributed by atoms with Crippen LogP contribution >= 0.6 is 0 Å². The molecule has 1 saturated carbocycles. The van der Waals surface area contributed by atoms with Crippen LogP contribution in [0.3, 0.4) is 0 Å². The Bertz CT molecular complexity index is 618. The van der Waals surface area contributed by atoms with Gasteiger partial charge in [0.15, 0.2) is 0 Å². The lowest BCUT2D eigenvalue weighted by atomic mass is 9.57. The van der Waals surface area contributed by atoms with Crippen LogP contribution in [0.4, 0.5) is 87.8 Å². The van der Waals surface area contributed by atoms with E-state index < -0.39 is 59.2 Å². The third-order valence-corrected chi connectivity index (χ3v) is 4.24. The van der Waals surface area contributed by atoms with Crippen LogP contribution in [0.1, 0.15) is 0 Å². The van der Waals surface area contributed by atoms with Crippen LogP contribution in [0.2, 0.25) is 0 Å². The number of halogens is 20. The molecule has 0 heterocycles. The monoisotopic (exact) mass is 500 g/mol. The first kappa shape index (κ1) is 26.6. The molecule has 0 unspecified atom stereocenters. The van der Waals surface area contributed by atoms with Crippen molar-refractivity contribution in [2.45, 2.75) is 53.8 Å². The zero-order chi connectivity index (χ0) is 25.0. The van der Waals surface area contributed by atoms with Crippen molar-refractivity contribution in [3.05, 3.63) is 0 Å². The van der Waals surface area contributed by atoms with Crippen molar-refractivity contribution >= 4 is 0 Å². The van der Waals surface area contributed by atoms with E-state index >= 15 is 0 Å². The van der Waals surface area contributed by atoms with Crippen molar-refractivity contribution in [2.24, 2.45) is 5.41 Å². The maximum absolute atomic E-state index is 14.3. The summed E-state index contributed by atoms with van der Waals surface area (Å²) in [5.74, 6) is -43.6. The van der Waals surface area contributed by atoms with Gasteiger partial charge in [0.25, 0.3) is 5.67 Å². The number of hydrogen-bond acceptors (Lipinski definition) is 0. The lowest BCUT2D eigenvalue weighted by molar-refractivity contribution is -0.556. The van der Waals surface area contributed by atoms with Crippen LogP contribution in [-0.4, -0.2) is 53.8 Å². The third kappa shape index (κ3) is 2.22. The number of alkyl halides is 20. The van der Waals surface area contributed by atoms with Gasteiger partial charge in [0.05, 0.1) is 0 Å². The van der Waals surface area contributed by atoms with Gasteiger partial charge < -0.3 is 0 Å². The molecule has 1 fully saturated rings. The fourth-order valence-corrected chi connectivity index (χ4v) is 2.76. The highest BCUT2D eigenvalue weighted by molar-refractivity contribution is 5.34. The summed E-state index contributed by atoms with van der Waals surface area (Å²) >= 11 is 0. The Morgan fingerprint density at radius 3 is 0.633 bits per heavy atom. The largest absolute Gasteiger partial charge is 0.415 e. The van der Waals surface area contributed by atoms with Gasteiger partial charge in [0.2, 0.25) is 0 Å². The first-order chi connectivity index (χ1) is 12.5. The Hall–Kier alpha value is -1.40. The average molecular weight is 500 g/mol. The lowest BCUT2D eigenvalue weighted by Gasteiger charge is -2.58. The maximum atomic E-state index is 14.3. The van der Waals surface area contributed by atoms with Crippen LogP contribution in [0.15, 0.2) is 0 Å². The van der Waals surface area contributed by atoms with Gasteiger partial charge >= 0.3 is 53.6 Å². The molecular weight excluding hydrogens is 500 g/mol. The quantitative estimate of drug-likeness (QED) is 0.358. The molecule has 180 valence electrons. The summed E-state index contributed by atoms with van der Waals surface area (Å²) in [6.45, 7) is 0. The van der Waals surface area contributed by atoms with E-state index in [-0.39, 0.29) is 0 Å². The Kier molecular flexibility index (Phi) is 5.05. The zero-order valence-electron chi connectivity index (χ0n) is 12.6. The van der Waals surface area contributed by atoms with Crippen molar-refractivity contribution < 1.29 is 87.8 Å². The summed E-state index contributed by atoms with van der Waals surface area (Å²) in [7, 11) is 0. The summed E-state index contributed by atoms with van der Waals surface area (Å²) in [5, 5.41) is 0. The van der Waals surface area contributed by atoms with Gasteiger partial charge in [0, 0.05) is 0 Å². The predicted molar refractivity (Wildman–Crippen MR) is 49.2 cm³/mol. The molecule has 0 saturated heterocycles. The minimum Gasteiger partial charge on any atom is -0.228 e. The highest BCUT2D eigenvalue weighted by Gasteiger charge is 3.11. The Balaban J connectivity index is 4.55. The lowest BCUT2D eigenvalue weighted by Crippen LogP contribution is -2.91. The molecule has 0 radical (unpaired) electrons. The topological polar surface area (TPSA) is 0 Å². The van der Waals surface area contributed by atoms with Crippen molar-refractivity contribution in [3.8, 4) is 0 Å². The van der Waals surface area contributed by atoms with E-state index in [2.05, 4.69) is 0 Å². The highest BCUT2D eigenvalue weighted by atomic mass is 19.4. The van der Waals surface area contributed by atoms with E-state index in [4.69, 9.17) is 0 Å². The zero-order valence-corrected chi connectivity index (χ0v) is 12.6. The molecule has 0 aromatic carbocycles. The second-order valence-corrected chi connectivity index (χ2v) is 5.77. The molecule has 0 amide bonds. The molecule has 1 rings (SSSR count). The van der Waals surface area contributed by atoms with Gasteiger partial charge in [-0.05, 0) is 0 Å². The van der Waals surface area contributed by atoms with Crippen LogP contribution in [-0.2, 0) is 0 Å². The summed E-state index contributed by atoms with van der Waals surface area (Å²) in [6.07, 6.45) is -26.6. The minimum absolute atomic E-state index is 8.32. The molecule has 0 atom stereocenters. The summed E-state index contributed by atoms with van der Waals surface area (Å²) in [4.78, 5) is 0. The SMILES string of the molecule is FC(F)(F)C(C(F)(F)F)(C(F)(F)F)C1(F)C(F)(F)C(F)(F)C(F)(F)C(F)(F)C1(F)F. The van der Waals surface area contributed by atoms with Crippen LogP contribution in [0, 0.1) is 5.41 Å². The van der Waals surface area contributed by atoms with Crippen molar-refractivity contribution in [3.63, 3.8) is 0 Å². The summed E-state index contributed by atoms with van der Waals surface area (Å²) < 4.78 is 262. The summed E-state index contributed by atoms with van der Waals surface area (Å²) in [5.41, 5.74) is -18.9. The molecule has 0 aromatic heterocycles. The van der Waals surface area contributed by atoms with Crippen LogP contribution < -0.4 is 0 Å². The van der Waals surface area contributed by atoms with Crippen LogP contribution in [0.25, 0.3) is 0 Å². The van der Waals surface area contributed by atoms with E-state index in [1.807, 2.05) is 0 Å². The van der Waals surface area contributed by atoms with Gasteiger partial charge in [0.1, 0.15) is 0 Å². The second-order valence-electron chi connectivity index (χ2n) is 5.77. The Morgan fingerprint density at radius 1 is 0.300 bits per heavy atom. The Morgan fingerprint density at radius 2 is 0.467 bits per heavy atom. The third-order valence-electron chi connectivity index (χ3n) is 4.24. The molecule has 0 spiro atoms. The molecular formula is C10F20. The highest BCUT2D eigenvalue weighted by Crippen LogP contribution is 2.79. The molecule has 30 heavy (non-hydrogen) atoms. The standard InChI is InChI=1S/C10F20/c11-2(1(8(22,23)24,9(25,26)27)10(28,29)30)3(12,13)5(16,17)7(20,21)6(18,19)4(2,14)15. The predicted octanol–water partition coefficient (Wildman–Crippen LogP) is 6.56. The van der Waals surface area contributed by atoms with Gasteiger partial charge in [-0.1, -0.05) is 0 Å². The number of rotatable bonds is 1. The van der Waals surface area contributed by atoms with E-state index in [1.54, 1.807) is 0 Å². The van der Waals surface area contributed by atoms with E-state index in [1.165, 1.54) is 0 Å². The van der Waals surface area contributed by atoms with Crippen LogP contribution in [0.5, 0.6) is 0 Å². The van der Waals surface area contributed by atoms with Gasteiger partial charge in [-0.2, -0.15) is 83.4 Å². The molecule has 20 heteroatoms. The fraction of sp³-hybridized carbons (Fsp3) is 1.00. The Labute approximate surface area is 148 Å². The normalized spacial score (nSPS) is 27.6. The second kappa shape index (κ2) is 5.69. The number of hydrogen-bond donors (Lipinski definition) is 0. The van der Waals surface area contributed by atoms with E-state index in [0.717, 1.165) is 0 Å². The minimum atomic E-state index is -9.46. The van der Waals surface area contributed by atoms with Crippen molar-refractivity contribution in [2.75, 3.05) is 0 Å². The smallest absolute Gasteiger partial charge is 0.228 e. The fourth-order valence-electron chi connectivity index (χ4n) is 2.76. The molecule has 0 aromatic rings. The van der Waals surface area contributed by atoms with E-state index in [9.17, 15) is 87.8 Å². The average Bonchev–Trinajstić information content (AvgIpc) is 2.40.